The van der Waals surface area contributed by atoms with Crippen molar-refractivity contribution in [3.63, 3.8) is 0 Å². The third kappa shape index (κ3) is 4.51. The van der Waals surface area contributed by atoms with Crippen LogP contribution in [0.4, 0.5) is 0 Å². The summed E-state index contributed by atoms with van der Waals surface area (Å²) in [6.07, 6.45) is 4.21. The molecule has 1 amide bonds. The van der Waals surface area contributed by atoms with Gasteiger partial charge in [-0.05, 0) is 19.3 Å². The number of carbonyl (C=O) groups excluding carboxylic acids is 1. The van der Waals surface area contributed by atoms with E-state index in [4.69, 9.17) is 4.52 Å². The fourth-order valence-electron chi connectivity index (χ4n) is 3.23. The second-order valence-corrected chi connectivity index (χ2v) is 6.49. The Hall–Kier alpha value is -1.47. The van der Waals surface area contributed by atoms with Gasteiger partial charge in [0.2, 0.25) is 11.8 Å². The molecule has 3 heterocycles. The van der Waals surface area contributed by atoms with E-state index >= 15 is 0 Å². The number of aryl methyl sites for hydroxylation is 1. The van der Waals surface area contributed by atoms with Gasteiger partial charge in [-0.1, -0.05) is 12.1 Å². The first-order valence-electron chi connectivity index (χ1n) is 8.78. The van der Waals surface area contributed by atoms with E-state index < -0.39 is 0 Å². The monoisotopic (exact) mass is 321 g/mol. The molecule has 23 heavy (non-hydrogen) atoms. The summed E-state index contributed by atoms with van der Waals surface area (Å²) in [5.41, 5.74) is 0. The van der Waals surface area contributed by atoms with Crippen LogP contribution in [0.3, 0.4) is 0 Å². The van der Waals surface area contributed by atoms with Gasteiger partial charge in [0.25, 0.3) is 0 Å². The molecule has 0 saturated carbocycles. The molecule has 0 aromatic carbocycles. The summed E-state index contributed by atoms with van der Waals surface area (Å²) in [5.74, 6) is 1.80. The van der Waals surface area contributed by atoms with Crippen LogP contribution in [-0.4, -0.2) is 76.6 Å². The summed E-state index contributed by atoms with van der Waals surface area (Å²) in [4.78, 5) is 23.2. The Morgan fingerprint density at radius 1 is 1.09 bits per heavy atom. The van der Waals surface area contributed by atoms with Crippen LogP contribution in [0.15, 0.2) is 4.52 Å². The Morgan fingerprint density at radius 2 is 1.78 bits per heavy atom. The lowest BCUT2D eigenvalue weighted by molar-refractivity contribution is -0.131. The average molecular weight is 321 g/mol. The van der Waals surface area contributed by atoms with Crippen LogP contribution < -0.4 is 0 Å². The molecular weight excluding hydrogens is 294 g/mol. The molecule has 7 nitrogen and oxygen atoms in total. The van der Waals surface area contributed by atoms with Crippen molar-refractivity contribution in [2.45, 2.75) is 39.2 Å². The first-order valence-corrected chi connectivity index (χ1v) is 8.78. The van der Waals surface area contributed by atoms with Crippen molar-refractivity contribution in [1.29, 1.82) is 0 Å². The van der Waals surface area contributed by atoms with E-state index in [1.165, 1.54) is 0 Å². The van der Waals surface area contributed by atoms with Gasteiger partial charge in [0.05, 0.1) is 13.1 Å². The summed E-state index contributed by atoms with van der Waals surface area (Å²) in [6.45, 7) is 9.01. The van der Waals surface area contributed by atoms with Crippen LogP contribution in [0.5, 0.6) is 0 Å². The van der Waals surface area contributed by atoms with Crippen LogP contribution in [0, 0.1) is 0 Å². The minimum atomic E-state index is 0.289. The van der Waals surface area contributed by atoms with Crippen molar-refractivity contribution >= 4 is 5.91 Å². The molecule has 2 fully saturated rings. The molecule has 2 aliphatic heterocycles. The standard InChI is InChI=1S/C16H27N5O2/c1-2-5-14-17-15(23-18-14)12-19-8-10-20(11-9-19)13-16(22)21-6-3-4-7-21/h2-13H2,1H3. The second kappa shape index (κ2) is 7.88. The number of likely N-dealkylation sites (tertiary alicyclic amines) is 1. The van der Waals surface area contributed by atoms with E-state index in [2.05, 4.69) is 26.9 Å². The molecule has 128 valence electrons. The molecule has 2 saturated heterocycles. The topological polar surface area (TPSA) is 65.7 Å². The number of rotatable bonds is 6. The molecule has 0 atom stereocenters. The maximum atomic E-state index is 12.2. The second-order valence-electron chi connectivity index (χ2n) is 6.49. The molecule has 0 aliphatic carbocycles. The normalized spacial score (nSPS) is 20.3. The number of nitrogens with zero attached hydrogens (tertiary/aromatic N) is 5. The smallest absolute Gasteiger partial charge is 0.240 e. The summed E-state index contributed by atoms with van der Waals surface area (Å²) in [5, 5.41) is 4.00. The lowest BCUT2D eigenvalue weighted by Crippen LogP contribution is -2.49. The predicted octanol–water partition coefficient (Wildman–Crippen LogP) is 0.762. The number of hydrogen-bond donors (Lipinski definition) is 0. The Bertz CT molecular complexity index is 504. The highest BCUT2D eigenvalue weighted by atomic mass is 16.5. The van der Waals surface area contributed by atoms with Gasteiger partial charge < -0.3 is 9.42 Å². The van der Waals surface area contributed by atoms with Gasteiger partial charge in [-0.2, -0.15) is 4.98 Å². The molecular formula is C16H27N5O2. The molecule has 2 aliphatic rings. The number of hydrogen-bond acceptors (Lipinski definition) is 6. The van der Waals surface area contributed by atoms with Gasteiger partial charge in [0.1, 0.15) is 0 Å². The summed E-state index contributed by atoms with van der Waals surface area (Å²) in [7, 11) is 0. The van der Waals surface area contributed by atoms with Crippen LogP contribution in [0.2, 0.25) is 0 Å². The molecule has 0 unspecified atom stereocenters. The van der Waals surface area contributed by atoms with E-state index in [1.54, 1.807) is 0 Å². The molecule has 0 bridgehead atoms. The minimum absolute atomic E-state index is 0.289. The lowest BCUT2D eigenvalue weighted by atomic mass is 10.3. The van der Waals surface area contributed by atoms with Crippen LogP contribution >= 0.6 is 0 Å². The van der Waals surface area contributed by atoms with Crippen molar-refractivity contribution in [2.24, 2.45) is 0 Å². The molecule has 0 radical (unpaired) electrons. The fourth-order valence-corrected chi connectivity index (χ4v) is 3.23. The third-order valence-electron chi connectivity index (χ3n) is 4.63. The van der Waals surface area contributed by atoms with Crippen LogP contribution in [0.25, 0.3) is 0 Å². The largest absolute Gasteiger partial charge is 0.342 e. The average Bonchev–Trinajstić information content (AvgIpc) is 3.22. The molecule has 0 N–H and O–H groups in total. The highest BCUT2D eigenvalue weighted by molar-refractivity contribution is 5.78. The lowest BCUT2D eigenvalue weighted by Gasteiger charge is -2.34. The van der Waals surface area contributed by atoms with Crippen molar-refractivity contribution in [3.05, 3.63) is 11.7 Å². The van der Waals surface area contributed by atoms with Crippen LogP contribution in [-0.2, 0) is 17.8 Å². The number of aromatic nitrogens is 2. The first kappa shape index (κ1) is 16.4. The maximum Gasteiger partial charge on any atom is 0.240 e. The quantitative estimate of drug-likeness (QED) is 0.771. The highest BCUT2D eigenvalue weighted by Gasteiger charge is 2.24. The van der Waals surface area contributed by atoms with Crippen molar-refractivity contribution < 1.29 is 9.32 Å². The highest BCUT2D eigenvalue weighted by Crippen LogP contribution is 2.11. The van der Waals surface area contributed by atoms with Gasteiger partial charge in [-0.3, -0.25) is 14.6 Å². The van der Waals surface area contributed by atoms with E-state index in [1.807, 2.05) is 4.90 Å². The fraction of sp³-hybridized carbons (Fsp3) is 0.812. The summed E-state index contributed by atoms with van der Waals surface area (Å²) >= 11 is 0. The Balaban J connectivity index is 1.40. The third-order valence-corrected chi connectivity index (χ3v) is 4.63. The maximum absolute atomic E-state index is 12.2. The van der Waals surface area contributed by atoms with Gasteiger partial charge >= 0.3 is 0 Å². The molecule has 0 spiro atoms. The molecule has 7 heteroatoms. The SMILES string of the molecule is CCCc1noc(CN2CCN(CC(=O)N3CCCC3)CC2)n1. The zero-order valence-electron chi connectivity index (χ0n) is 14.0. The Morgan fingerprint density at radius 3 is 2.48 bits per heavy atom. The van der Waals surface area contributed by atoms with E-state index in [0.717, 1.165) is 70.8 Å². The zero-order chi connectivity index (χ0) is 16.1. The van der Waals surface area contributed by atoms with Gasteiger partial charge in [0, 0.05) is 45.7 Å². The van der Waals surface area contributed by atoms with E-state index in [0.29, 0.717) is 19.0 Å². The summed E-state index contributed by atoms with van der Waals surface area (Å²) in [6, 6.07) is 0. The van der Waals surface area contributed by atoms with Crippen molar-refractivity contribution in [1.82, 2.24) is 24.8 Å². The van der Waals surface area contributed by atoms with Crippen molar-refractivity contribution in [2.75, 3.05) is 45.8 Å². The first-order chi connectivity index (χ1) is 11.2. The van der Waals surface area contributed by atoms with E-state index in [9.17, 15) is 4.79 Å². The zero-order valence-corrected chi connectivity index (χ0v) is 14.0. The van der Waals surface area contributed by atoms with Crippen LogP contribution in [0.1, 0.15) is 37.9 Å². The van der Waals surface area contributed by atoms with Gasteiger partial charge in [-0.25, -0.2) is 0 Å². The minimum Gasteiger partial charge on any atom is -0.342 e. The Kier molecular flexibility index (Phi) is 5.61. The van der Waals surface area contributed by atoms with E-state index in [-0.39, 0.29) is 5.91 Å². The number of carbonyl (C=O) groups is 1. The van der Waals surface area contributed by atoms with Crippen molar-refractivity contribution in [3.8, 4) is 0 Å². The molecule has 3 rings (SSSR count). The Labute approximate surface area is 137 Å². The molecule has 1 aromatic heterocycles. The number of piperazine rings is 1. The van der Waals surface area contributed by atoms with Gasteiger partial charge in [0.15, 0.2) is 5.82 Å². The number of amides is 1. The summed E-state index contributed by atoms with van der Waals surface area (Å²) < 4.78 is 5.30. The molecule has 1 aromatic rings. The predicted molar refractivity (Wildman–Crippen MR) is 85.8 cm³/mol. The van der Waals surface area contributed by atoms with Gasteiger partial charge in [-0.15, -0.1) is 0 Å².